The second-order valence-electron chi connectivity index (χ2n) is 4.13. The van der Waals surface area contributed by atoms with Gasteiger partial charge in [-0.3, -0.25) is 0 Å². The van der Waals surface area contributed by atoms with E-state index in [0.717, 1.165) is 11.4 Å². The van der Waals surface area contributed by atoms with Crippen LogP contribution in [0.1, 0.15) is 10.5 Å². The Morgan fingerprint density at radius 3 is 2.43 bits per heavy atom. The van der Waals surface area contributed by atoms with E-state index in [1.54, 1.807) is 12.0 Å². The maximum absolute atomic E-state index is 11.6. The summed E-state index contributed by atoms with van der Waals surface area (Å²) < 4.78 is 9.75. The minimum Gasteiger partial charge on any atom is -0.497 e. The molecule has 0 saturated carbocycles. The minimum absolute atomic E-state index is 0.0201. The SMILES string of the molecule is COC(=O)c1cc(N(C)c2ccc(OC)cc2)nc(Cl)n1. The number of hydrogen-bond donors (Lipinski definition) is 0. The summed E-state index contributed by atoms with van der Waals surface area (Å²) in [6, 6.07) is 8.91. The van der Waals surface area contributed by atoms with Gasteiger partial charge < -0.3 is 14.4 Å². The molecule has 0 amide bonds. The first-order valence-corrected chi connectivity index (χ1v) is 6.43. The zero-order valence-electron chi connectivity index (χ0n) is 11.8. The zero-order chi connectivity index (χ0) is 15.4. The predicted molar refractivity (Wildman–Crippen MR) is 79.4 cm³/mol. The van der Waals surface area contributed by atoms with Crippen molar-refractivity contribution in [3.8, 4) is 5.75 Å². The molecule has 6 nitrogen and oxygen atoms in total. The van der Waals surface area contributed by atoms with Crippen LogP contribution in [-0.2, 0) is 4.74 Å². The highest BCUT2D eigenvalue weighted by atomic mass is 35.5. The Labute approximate surface area is 127 Å². The normalized spacial score (nSPS) is 10.1. The van der Waals surface area contributed by atoms with Crippen molar-refractivity contribution < 1.29 is 14.3 Å². The molecule has 1 heterocycles. The molecule has 0 aliphatic carbocycles. The molecule has 1 aromatic carbocycles. The van der Waals surface area contributed by atoms with Gasteiger partial charge in [-0.15, -0.1) is 0 Å². The zero-order valence-corrected chi connectivity index (χ0v) is 12.6. The Morgan fingerprint density at radius 2 is 1.86 bits per heavy atom. The van der Waals surface area contributed by atoms with Crippen LogP contribution in [0.25, 0.3) is 0 Å². The molecule has 0 aliphatic rings. The number of carbonyl (C=O) groups is 1. The molecule has 0 aliphatic heterocycles. The van der Waals surface area contributed by atoms with Crippen molar-refractivity contribution in [2.24, 2.45) is 0 Å². The molecule has 110 valence electrons. The maximum Gasteiger partial charge on any atom is 0.356 e. The van der Waals surface area contributed by atoms with E-state index in [4.69, 9.17) is 16.3 Å². The first-order valence-electron chi connectivity index (χ1n) is 6.06. The number of hydrogen-bond acceptors (Lipinski definition) is 6. The Balaban J connectivity index is 2.35. The number of methoxy groups -OCH3 is 2. The number of rotatable bonds is 4. The van der Waals surface area contributed by atoms with Gasteiger partial charge in [-0.2, -0.15) is 0 Å². The van der Waals surface area contributed by atoms with E-state index in [9.17, 15) is 4.79 Å². The van der Waals surface area contributed by atoms with E-state index in [-0.39, 0.29) is 11.0 Å². The second kappa shape index (κ2) is 6.41. The van der Waals surface area contributed by atoms with Gasteiger partial charge in [-0.05, 0) is 35.9 Å². The van der Waals surface area contributed by atoms with Crippen LogP contribution < -0.4 is 9.64 Å². The van der Waals surface area contributed by atoms with E-state index in [0.29, 0.717) is 5.82 Å². The summed E-state index contributed by atoms with van der Waals surface area (Å²) in [7, 11) is 4.69. The Bertz CT molecular complexity index is 646. The summed E-state index contributed by atoms with van der Waals surface area (Å²) in [4.78, 5) is 21.3. The first-order chi connectivity index (χ1) is 10.0. The third-order valence-electron chi connectivity index (χ3n) is 2.88. The van der Waals surface area contributed by atoms with Gasteiger partial charge in [-0.1, -0.05) is 0 Å². The lowest BCUT2D eigenvalue weighted by atomic mass is 10.2. The van der Waals surface area contributed by atoms with E-state index in [2.05, 4.69) is 14.7 Å². The highest BCUT2D eigenvalue weighted by Crippen LogP contribution is 2.25. The molecule has 0 saturated heterocycles. The van der Waals surface area contributed by atoms with Crippen molar-refractivity contribution >= 4 is 29.1 Å². The van der Waals surface area contributed by atoms with Gasteiger partial charge in [0.25, 0.3) is 0 Å². The van der Waals surface area contributed by atoms with Crippen LogP contribution in [0, 0.1) is 0 Å². The van der Waals surface area contributed by atoms with E-state index in [1.165, 1.54) is 13.2 Å². The number of halogens is 1. The molecule has 0 N–H and O–H groups in total. The Kier molecular flexibility index (Phi) is 4.59. The number of aromatic nitrogens is 2. The average Bonchev–Trinajstić information content (AvgIpc) is 2.52. The summed E-state index contributed by atoms with van der Waals surface area (Å²) in [5.41, 5.74) is 0.967. The number of benzene rings is 1. The average molecular weight is 308 g/mol. The molecule has 1 aromatic heterocycles. The van der Waals surface area contributed by atoms with Crippen LogP contribution in [-0.4, -0.2) is 37.2 Å². The molecular weight excluding hydrogens is 294 g/mol. The number of esters is 1. The lowest BCUT2D eigenvalue weighted by molar-refractivity contribution is 0.0594. The monoisotopic (exact) mass is 307 g/mol. The summed E-state index contributed by atoms with van der Waals surface area (Å²) in [5, 5.41) is -0.0201. The van der Waals surface area contributed by atoms with Crippen LogP contribution in [0.3, 0.4) is 0 Å². The van der Waals surface area contributed by atoms with Crippen molar-refractivity contribution in [1.82, 2.24) is 9.97 Å². The summed E-state index contributed by atoms with van der Waals surface area (Å²) in [6.45, 7) is 0. The maximum atomic E-state index is 11.6. The molecule has 21 heavy (non-hydrogen) atoms. The molecule has 2 rings (SSSR count). The summed E-state index contributed by atoms with van der Waals surface area (Å²) in [5.74, 6) is 0.673. The third kappa shape index (κ3) is 3.41. The number of carbonyl (C=O) groups excluding carboxylic acids is 1. The van der Waals surface area contributed by atoms with Crippen molar-refractivity contribution in [3.05, 3.63) is 41.3 Å². The molecule has 0 spiro atoms. The van der Waals surface area contributed by atoms with Gasteiger partial charge in [0.1, 0.15) is 11.6 Å². The van der Waals surface area contributed by atoms with Crippen molar-refractivity contribution in [3.63, 3.8) is 0 Å². The van der Waals surface area contributed by atoms with Crippen molar-refractivity contribution in [2.45, 2.75) is 0 Å². The first kappa shape index (κ1) is 15.1. The van der Waals surface area contributed by atoms with E-state index >= 15 is 0 Å². The minimum atomic E-state index is -0.566. The standard InChI is InChI=1S/C14H14ClN3O3/c1-18(9-4-6-10(20-2)7-5-9)12-8-11(13(19)21-3)16-14(15)17-12/h4-8H,1-3H3. The molecule has 0 bridgehead atoms. The largest absolute Gasteiger partial charge is 0.497 e. The molecule has 0 radical (unpaired) electrons. The molecular formula is C14H14ClN3O3. The Morgan fingerprint density at radius 1 is 1.19 bits per heavy atom. The highest BCUT2D eigenvalue weighted by molar-refractivity contribution is 6.28. The lowest BCUT2D eigenvalue weighted by Crippen LogP contribution is -2.14. The quantitative estimate of drug-likeness (QED) is 0.639. The summed E-state index contributed by atoms with van der Waals surface area (Å²) >= 11 is 5.85. The van der Waals surface area contributed by atoms with Gasteiger partial charge in [0.2, 0.25) is 5.28 Å². The predicted octanol–water partition coefficient (Wildman–Crippen LogP) is 2.69. The lowest BCUT2D eigenvalue weighted by Gasteiger charge is -2.19. The van der Waals surface area contributed by atoms with Crippen molar-refractivity contribution in [1.29, 1.82) is 0 Å². The number of nitrogens with zero attached hydrogens (tertiary/aromatic N) is 3. The van der Waals surface area contributed by atoms with Crippen LogP contribution >= 0.6 is 11.6 Å². The fourth-order valence-corrected chi connectivity index (χ4v) is 1.90. The van der Waals surface area contributed by atoms with Gasteiger partial charge in [0.15, 0.2) is 5.69 Å². The second-order valence-corrected chi connectivity index (χ2v) is 4.47. The molecule has 2 aromatic rings. The molecule has 7 heteroatoms. The molecule has 0 fully saturated rings. The van der Waals surface area contributed by atoms with Gasteiger partial charge in [0, 0.05) is 18.8 Å². The van der Waals surface area contributed by atoms with Crippen LogP contribution in [0.15, 0.2) is 30.3 Å². The molecule has 0 atom stereocenters. The Hall–Kier alpha value is -2.34. The van der Waals surface area contributed by atoms with E-state index in [1.807, 2.05) is 31.3 Å². The van der Waals surface area contributed by atoms with Gasteiger partial charge in [0.05, 0.1) is 14.2 Å². The number of anilines is 2. The van der Waals surface area contributed by atoms with Crippen LogP contribution in [0.5, 0.6) is 5.75 Å². The van der Waals surface area contributed by atoms with Crippen molar-refractivity contribution in [2.75, 3.05) is 26.2 Å². The fraction of sp³-hybridized carbons (Fsp3) is 0.214. The number of ether oxygens (including phenoxy) is 2. The van der Waals surface area contributed by atoms with Crippen LogP contribution in [0.4, 0.5) is 11.5 Å². The topological polar surface area (TPSA) is 64.5 Å². The smallest absolute Gasteiger partial charge is 0.356 e. The van der Waals surface area contributed by atoms with E-state index < -0.39 is 5.97 Å². The molecule has 0 unspecified atom stereocenters. The van der Waals surface area contributed by atoms with Gasteiger partial charge in [-0.25, -0.2) is 14.8 Å². The fourth-order valence-electron chi connectivity index (χ4n) is 1.72. The van der Waals surface area contributed by atoms with Crippen LogP contribution in [0.2, 0.25) is 5.28 Å². The third-order valence-corrected chi connectivity index (χ3v) is 3.05. The highest BCUT2D eigenvalue weighted by Gasteiger charge is 2.14. The van der Waals surface area contributed by atoms with Gasteiger partial charge >= 0.3 is 5.97 Å². The summed E-state index contributed by atoms with van der Waals surface area (Å²) in [6.07, 6.45) is 0.